The first-order valence-corrected chi connectivity index (χ1v) is 9.32. The molecule has 3 heterocycles. The Morgan fingerprint density at radius 2 is 1.50 bits per heavy atom. The summed E-state index contributed by atoms with van der Waals surface area (Å²) in [5.41, 5.74) is 0. The molecule has 0 saturated carbocycles. The lowest BCUT2D eigenvalue weighted by Gasteiger charge is -2.27. The Balaban J connectivity index is 1.56. The Bertz CT molecular complexity index is 476. The van der Waals surface area contributed by atoms with Crippen LogP contribution in [0.1, 0.15) is 39.5 Å². The van der Waals surface area contributed by atoms with E-state index in [1.165, 1.54) is 51.9 Å². The summed E-state index contributed by atoms with van der Waals surface area (Å²) >= 11 is 5.65. The van der Waals surface area contributed by atoms with Gasteiger partial charge in [-0.25, -0.2) is 0 Å². The normalized spacial score (nSPS) is 33.0. The van der Waals surface area contributed by atoms with Gasteiger partial charge in [-0.1, -0.05) is 13.8 Å². The number of hydrogen-bond donors (Lipinski definition) is 2. The van der Waals surface area contributed by atoms with E-state index in [2.05, 4.69) is 23.5 Å². The lowest BCUT2D eigenvalue weighted by atomic mass is 10.00. The van der Waals surface area contributed by atoms with Crippen LogP contribution >= 0.6 is 12.2 Å². The fourth-order valence-electron chi connectivity index (χ4n) is 3.70. The minimum Gasteiger partial charge on any atom is -0.317 e. The maximum absolute atomic E-state index is 5.65. The number of likely N-dealkylation sites (tertiary alicyclic amines) is 2. The molecule has 0 amide bonds. The van der Waals surface area contributed by atoms with Gasteiger partial charge < -0.3 is 9.80 Å². The molecule has 3 rings (SSSR count). The molecule has 2 aliphatic rings. The van der Waals surface area contributed by atoms with Crippen LogP contribution in [0.25, 0.3) is 0 Å². The van der Waals surface area contributed by atoms with Gasteiger partial charge in [-0.2, -0.15) is 9.78 Å². The molecule has 0 atom stereocenters. The van der Waals surface area contributed by atoms with Crippen LogP contribution < -0.4 is 9.80 Å². The van der Waals surface area contributed by atoms with Gasteiger partial charge in [-0.3, -0.25) is 4.57 Å². The second kappa shape index (κ2) is 7.23. The largest absolute Gasteiger partial charge is 0.317 e. The van der Waals surface area contributed by atoms with Gasteiger partial charge in [0.05, 0.1) is 26.2 Å². The molecule has 6 heteroatoms. The van der Waals surface area contributed by atoms with Crippen molar-refractivity contribution in [3.8, 4) is 0 Å². The van der Waals surface area contributed by atoms with Gasteiger partial charge in [0.15, 0.2) is 13.3 Å². The number of quaternary nitrogens is 2. The number of nitrogens with one attached hydrogen (secondary N) is 2. The van der Waals surface area contributed by atoms with E-state index >= 15 is 0 Å². The summed E-state index contributed by atoms with van der Waals surface area (Å²) in [5, 5.41) is 4.55. The molecule has 0 spiro atoms. The molecular formula is C16H31N5S+2. The zero-order valence-electron chi connectivity index (χ0n) is 14.1. The maximum Gasteiger partial charge on any atom is 0.206 e. The van der Waals surface area contributed by atoms with E-state index < -0.39 is 0 Å². The Kier molecular flexibility index (Phi) is 5.31. The fraction of sp³-hybridized carbons (Fsp3) is 0.875. The van der Waals surface area contributed by atoms with Crippen molar-refractivity contribution in [2.75, 3.05) is 26.2 Å². The van der Waals surface area contributed by atoms with Gasteiger partial charge >= 0.3 is 0 Å². The van der Waals surface area contributed by atoms with Crippen molar-refractivity contribution in [1.82, 2.24) is 14.3 Å². The molecule has 0 bridgehead atoms. The second-order valence-electron chi connectivity index (χ2n) is 7.56. The first kappa shape index (κ1) is 16.1. The molecule has 1 aromatic heterocycles. The lowest BCUT2D eigenvalue weighted by molar-refractivity contribution is -0.930. The molecule has 0 aromatic carbocycles. The van der Waals surface area contributed by atoms with Crippen LogP contribution in [0.4, 0.5) is 0 Å². The van der Waals surface area contributed by atoms with Crippen LogP contribution in [-0.2, 0) is 13.3 Å². The van der Waals surface area contributed by atoms with Crippen molar-refractivity contribution < 1.29 is 9.80 Å². The van der Waals surface area contributed by atoms with Crippen molar-refractivity contribution in [1.29, 1.82) is 0 Å². The van der Waals surface area contributed by atoms with E-state index in [-0.39, 0.29) is 0 Å². The quantitative estimate of drug-likeness (QED) is 0.761. The predicted molar refractivity (Wildman–Crippen MR) is 89.2 cm³/mol. The molecule has 124 valence electrons. The summed E-state index contributed by atoms with van der Waals surface area (Å²) in [6.45, 7) is 11.7. The topological polar surface area (TPSA) is 31.6 Å². The fourth-order valence-corrected chi connectivity index (χ4v) is 3.92. The standard InChI is InChI=1S/C16H29N5S/c1-14-3-7-18(8-4-14)12-20-11-17-21(16(20)22)13-19-9-5-15(2)6-10-19/h11,14-15H,3-10,12-13H2,1-2H3/p+2. The number of nitrogens with zero attached hydrogens (tertiary/aromatic N) is 3. The Morgan fingerprint density at radius 1 is 1.00 bits per heavy atom. The average molecular weight is 326 g/mol. The number of hydrogen-bond acceptors (Lipinski definition) is 2. The van der Waals surface area contributed by atoms with E-state index in [4.69, 9.17) is 12.2 Å². The third-order valence-corrected chi connectivity index (χ3v) is 5.97. The van der Waals surface area contributed by atoms with E-state index in [9.17, 15) is 0 Å². The number of piperidine rings is 2. The minimum atomic E-state index is 0.888. The van der Waals surface area contributed by atoms with Crippen molar-refractivity contribution in [2.45, 2.75) is 52.9 Å². The molecule has 2 saturated heterocycles. The first-order chi connectivity index (χ1) is 10.6. The zero-order chi connectivity index (χ0) is 15.5. The minimum absolute atomic E-state index is 0.888. The highest BCUT2D eigenvalue weighted by Crippen LogP contribution is 2.07. The summed E-state index contributed by atoms with van der Waals surface area (Å²) in [5.74, 6) is 1.78. The van der Waals surface area contributed by atoms with Crippen LogP contribution in [-0.4, -0.2) is 40.5 Å². The molecule has 2 fully saturated rings. The van der Waals surface area contributed by atoms with Crippen LogP contribution in [0.5, 0.6) is 0 Å². The SMILES string of the molecule is CC1CC[NH+](Cn2cnn(C[NH+]3CCC(C)CC3)c2=S)CC1. The van der Waals surface area contributed by atoms with Crippen molar-refractivity contribution in [3.05, 3.63) is 11.1 Å². The maximum atomic E-state index is 5.65. The Labute approximate surface area is 138 Å². The summed E-state index contributed by atoms with van der Waals surface area (Å²) < 4.78 is 5.11. The summed E-state index contributed by atoms with van der Waals surface area (Å²) in [6.07, 6.45) is 7.29. The van der Waals surface area contributed by atoms with Gasteiger partial charge in [0, 0.05) is 0 Å². The van der Waals surface area contributed by atoms with E-state index in [1.807, 2.05) is 11.0 Å². The molecule has 0 radical (unpaired) electrons. The highest BCUT2D eigenvalue weighted by atomic mass is 32.1. The zero-order valence-corrected chi connectivity index (χ0v) is 14.9. The van der Waals surface area contributed by atoms with Crippen LogP contribution in [0.3, 0.4) is 0 Å². The molecule has 22 heavy (non-hydrogen) atoms. The van der Waals surface area contributed by atoms with Gasteiger partial charge in [0.25, 0.3) is 0 Å². The molecule has 0 unspecified atom stereocenters. The predicted octanol–water partition coefficient (Wildman–Crippen LogP) is -0.0413. The van der Waals surface area contributed by atoms with Gasteiger partial charge in [0.1, 0.15) is 6.33 Å². The number of aromatic nitrogens is 3. The van der Waals surface area contributed by atoms with Crippen molar-refractivity contribution in [2.24, 2.45) is 11.8 Å². The second-order valence-corrected chi connectivity index (χ2v) is 7.93. The van der Waals surface area contributed by atoms with Gasteiger partial charge in [0.2, 0.25) is 4.77 Å². The van der Waals surface area contributed by atoms with Gasteiger partial charge in [-0.15, -0.1) is 0 Å². The van der Waals surface area contributed by atoms with E-state index in [0.29, 0.717) is 0 Å². The number of rotatable bonds is 4. The lowest BCUT2D eigenvalue weighted by Crippen LogP contribution is -3.12. The smallest absolute Gasteiger partial charge is 0.206 e. The van der Waals surface area contributed by atoms with Crippen LogP contribution in [0.15, 0.2) is 6.33 Å². The average Bonchev–Trinajstić information content (AvgIpc) is 2.85. The van der Waals surface area contributed by atoms with E-state index in [1.54, 1.807) is 9.80 Å². The van der Waals surface area contributed by atoms with Crippen molar-refractivity contribution in [3.63, 3.8) is 0 Å². The van der Waals surface area contributed by atoms with Crippen molar-refractivity contribution >= 4 is 12.2 Å². The Morgan fingerprint density at radius 3 is 2.05 bits per heavy atom. The van der Waals surface area contributed by atoms with E-state index in [0.717, 1.165) is 29.9 Å². The first-order valence-electron chi connectivity index (χ1n) is 8.91. The molecular weight excluding hydrogens is 294 g/mol. The molecule has 5 nitrogen and oxygen atoms in total. The summed E-state index contributed by atoms with van der Waals surface area (Å²) in [6, 6.07) is 0. The van der Waals surface area contributed by atoms with Crippen LogP contribution in [0, 0.1) is 16.6 Å². The Hall–Kier alpha value is -0.720. The molecule has 2 N–H and O–H groups in total. The third-order valence-electron chi connectivity index (χ3n) is 5.53. The molecule has 1 aromatic rings. The highest BCUT2D eigenvalue weighted by Gasteiger charge is 2.22. The molecule has 2 aliphatic heterocycles. The summed E-state index contributed by atoms with van der Waals surface area (Å²) in [7, 11) is 0. The monoisotopic (exact) mass is 325 g/mol. The van der Waals surface area contributed by atoms with Crippen LogP contribution in [0.2, 0.25) is 0 Å². The third kappa shape index (κ3) is 3.97. The summed E-state index contributed by atoms with van der Waals surface area (Å²) in [4.78, 5) is 3.27. The molecule has 0 aliphatic carbocycles. The highest BCUT2D eigenvalue weighted by molar-refractivity contribution is 7.71. The van der Waals surface area contributed by atoms with Gasteiger partial charge in [-0.05, 0) is 49.7 Å².